The lowest BCUT2D eigenvalue weighted by Crippen LogP contribution is -2.33. The average molecular weight is 480 g/mol. The molecule has 0 saturated heterocycles. The number of fused-ring (bicyclic) bond motifs is 3. The predicted molar refractivity (Wildman–Crippen MR) is 128 cm³/mol. The largest absolute Gasteiger partial charge is 0.481 e. The molecule has 1 aliphatic rings. The number of hydrogen-bond acceptors (Lipinski definition) is 6. The molecule has 2 amide bonds. The van der Waals surface area contributed by atoms with Crippen molar-refractivity contribution in [3.8, 4) is 11.1 Å². The minimum Gasteiger partial charge on any atom is -0.481 e. The van der Waals surface area contributed by atoms with Crippen LogP contribution in [0.3, 0.4) is 0 Å². The zero-order valence-electron chi connectivity index (χ0n) is 18.6. The molecule has 34 heavy (non-hydrogen) atoms. The Balaban J connectivity index is 1.27. The number of thiazole rings is 1. The number of aliphatic carboxylic acids is 1. The summed E-state index contributed by atoms with van der Waals surface area (Å²) in [6.07, 6.45) is -0.236. The number of carboxylic acids is 1. The van der Waals surface area contributed by atoms with Crippen LogP contribution in [0.15, 0.2) is 53.9 Å². The minimum atomic E-state index is -0.906. The number of carboxylic acid groups (broad SMARTS) is 1. The number of amides is 2. The zero-order valence-corrected chi connectivity index (χ0v) is 19.4. The van der Waals surface area contributed by atoms with Crippen molar-refractivity contribution in [2.24, 2.45) is 0 Å². The SMILES string of the molecule is CC(CCC(=O)O)NC(=O)c1csc(CNC(=O)OCC2c3ccccc3-c3ccccc32)n1. The number of hydrogen-bond donors (Lipinski definition) is 3. The van der Waals surface area contributed by atoms with E-state index >= 15 is 0 Å². The first-order valence-corrected chi connectivity index (χ1v) is 11.9. The van der Waals surface area contributed by atoms with E-state index in [1.54, 1.807) is 12.3 Å². The van der Waals surface area contributed by atoms with E-state index in [9.17, 15) is 14.4 Å². The standard InChI is InChI=1S/C25H25N3O5S/c1-15(10-11-23(29)30)27-24(31)21-14-34-22(28-21)12-26-25(32)33-13-20-18-8-4-2-6-16(18)17-7-3-5-9-19(17)20/h2-9,14-15,20H,10-13H2,1H3,(H,26,32)(H,27,31)(H,29,30). The molecular weight excluding hydrogens is 454 g/mol. The maximum atomic E-state index is 12.3. The third-order valence-electron chi connectivity index (χ3n) is 5.68. The number of ether oxygens (including phenoxy) is 1. The van der Waals surface area contributed by atoms with Gasteiger partial charge in [-0.25, -0.2) is 9.78 Å². The van der Waals surface area contributed by atoms with Crippen molar-refractivity contribution in [2.75, 3.05) is 6.61 Å². The second kappa shape index (κ2) is 10.5. The summed E-state index contributed by atoms with van der Waals surface area (Å²) >= 11 is 1.25. The minimum absolute atomic E-state index is 0.0172. The van der Waals surface area contributed by atoms with Crippen molar-refractivity contribution in [2.45, 2.75) is 38.3 Å². The summed E-state index contributed by atoms with van der Waals surface area (Å²) in [4.78, 5) is 39.5. The Bertz CT molecular complexity index is 1160. The third kappa shape index (κ3) is 5.43. The topological polar surface area (TPSA) is 118 Å². The monoisotopic (exact) mass is 479 g/mol. The van der Waals surface area contributed by atoms with Gasteiger partial charge in [0, 0.05) is 23.8 Å². The highest BCUT2D eigenvalue weighted by atomic mass is 32.1. The lowest BCUT2D eigenvalue weighted by molar-refractivity contribution is -0.137. The van der Waals surface area contributed by atoms with Crippen molar-refractivity contribution in [1.82, 2.24) is 15.6 Å². The smallest absolute Gasteiger partial charge is 0.407 e. The molecule has 1 atom stereocenters. The molecule has 2 aromatic carbocycles. The molecule has 1 heterocycles. The quantitative estimate of drug-likeness (QED) is 0.424. The molecule has 0 radical (unpaired) electrons. The van der Waals surface area contributed by atoms with E-state index < -0.39 is 12.1 Å². The Hall–Kier alpha value is -3.72. The summed E-state index contributed by atoms with van der Waals surface area (Å²) in [7, 11) is 0. The first-order valence-electron chi connectivity index (χ1n) is 11.0. The molecule has 4 rings (SSSR count). The number of carbonyl (C=O) groups excluding carboxylic acids is 2. The van der Waals surface area contributed by atoms with Crippen LogP contribution in [-0.2, 0) is 16.1 Å². The van der Waals surface area contributed by atoms with Crippen LogP contribution in [0.4, 0.5) is 4.79 Å². The molecule has 1 aromatic heterocycles. The molecule has 0 spiro atoms. The fourth-order valence-corrected chi connectivity index (χ4v) is 4.72. The summed E-state index contributed by atoms with van der Waals surface area (Å²) in [5.41, 5.74) is 4.85. The number of benzene rings is 2. The molecule has 1 unspecified atom stereocenters. The summed E-state index contributed by atoms with van der Waals surface area (Å²) in [6.45, 7) is 2.11. The lowest BCUT2D eigenvalue weighted by Gasteiger charge is -2.14. The molecule has 3 aromatic rings. The van der Waals surface area contributed by atoms with Gasteiger partial charge in [-0.1, -0.05) is 48.5 Å². The van der Waals surface area contributed by atoms with Crippen molar-refractivity contribution in [1.29, 1.82) is 0 Å². The molecule has 0 bridgehead atoms. The Labute approximate surface area is 201 Å². The molecule has 1 aliphatic carbocycles. The summed E-state index contributed by atoms with van der Waals surface area (Å²) in [5.74, 6) is -1.30. The number of carbonyl (C=O) groups is 3. The van der Waals surface area contributed by atoms with Gasteiger partial charge in [-0.15, -0.1) is 11.3 Å². The summed E-state index contributed by atoms with van der Waals surface area (Å²) < 4.78 is 5.51. The van der Waals surface area contributed by atoms with Crippen LogP contribution in [0.1, 0.15) is 52.3 Å². The number of alkyl carbamates (subject to hydrolysis) is 1. The molecular formula is C25H25N3O5S. The van der Waals surface area contributed by atoms with Gasteiger partial charge in [0.15, 0.2) is 0 Å². The van der Waals surface area contributed by atoms with Crippen LogP contribution in [0.2, 0.25) is 0 Å². The maximum absolute atomic E-state index is 12.3. The average Bonchev–Trinajstić information content (AvgIpc) is 3.43. The van der Waals surface area contributed by atoms with E-state index in [0.717, 1.165) is 22.3 Å². The Morgan fingerprint density at radius 1 is 1.09 bits per heavy atom. The fraction of sp³-hybridized carbons (Fsp3) is 0.280. The lowest BCUT2D eigenvalue weighted by atomic mass is 9.98. The molecule has 0 saturated carbocycles. The predicted octanol–water partition coefficient (Wildman–Crippen LogP) is 4.16. The molecule has 0 fully saturated rings. The van der Waals surface area contributed by atoms with Gasteiger partial charge in [-0.2, -0.15) is 0 Å². The number of aromatic nitrogens is 1. The number of rotatable bonds is 9. The van der Waals surface area contributed by atoms with Crippen LogP contribution >= 0.6 is 11.3 Å². The van der Waals surface area contributed by atoms with Crippen molar-refractivity contribution < 1.29 is 24.2 Å². The normalized spacial score (nSPS) is 13.0. The maximum Gasteiger partial charge on any atom is 0.407 e. The first kappa shape index (κ1) is 23.4. The zero-order chi connectivity index (χ0) is 24.1. The van der Waals surface area contributed by atoms with Crippen LogP contribution in [0.5, 0.6) is 0 Å². The fourth-order valence-electron chi connectivity index (χ4n) is 4.00. The van der Waals surface area contributed by atoms with Crippen LogP contribution in [-0.4, -0.2) is 40.7 Å². The van der Waals surface area contributed by atoms with Gasteiger partial charge in [-0.3, -0.25) is 9.59 Å². The number of nitrogens with one attached hydrogen (secondary N) is 2. The van der Waals surface area contributed by atoms with E-state index in [4.69, 9.17) is 9.84 Å². The van der Waals surface area contributed by atoms with Gasteiger partial charge in [0.1, 0.15) is 17.3 Å². The van der Waals surface area contributed by atoms with E-state index in [-0.39, 0.29) is 43.1 Å². The van der Waals surface area contributed by atoms with Gasteiger partial charge in [0.05, 0.1) is 6.54 Å². The van der Waals surface area contributed by atoms with Crippen molar-refractivity contribution in [3.63, 3.8) is 0 Å². The summed E-state index contributed by atoms with van der Waals surface area (Å²) in [6, 6.07) is 16.0. The van der Waals surface area contributed by atoms with Crippen LogP contribution < -0.4 is 10.6 Å². The van der Waals surface area contributed by atoms with Gasteiger partial charge in [0.25, 0.3) is 5.91 Å². The van der Waals surface area contributed by atoms with E-state index in [2.05, 4.69) is 39.9 Å². The second-order valence-electron chi connectivity index (χ2n) is 8.11. The van der Waals surface area contributed by atoms with Gasteiger partial charge in [0.2, 0.25) is 0 Å². The van der Waals surface area contributed by atoms with Crippen molar-refractivity contribution in [3.05, 3.63) is 75.7 Å². The Kier molecular flexibility index (Phi) is 7.22. The molecule has 3 N–H and O–H groups in total. The van der Waals surface area contributed by atoms with Gasteiger partial charge in [-0.05, 0) is 35.6 Å². The molecule has 9 heteroatoms. The van der Waals surface area contributed by atoms with E-state index in [1.165, 1.54) is 11.3 Å². The highest BCUT2D eigenvalue weighted by Crippen LogP contribution is 2.44. The van der Waals surface area contributed by atoms with Gasteiger partial charge >= 0.3 is 12.1 Å². The highest BCUT2D eigenvalue weighted by Gasteiger charge is 2.29. The van der Waals surface area contributed by atoms with Crippen molar-refractivity contribution >= 4 is 29.3 Å². The first-order chi connectivity index (χ1) is 16.4. The third-order valence-corrected chi connectivity index (χ3v) is 6.53. The van der Waals surface area contributed by atoms with E-state index in [0.29, 0.717) is 11.4 Å². The Morgan fingerprint density at radius 2 is 1.74 bits per heavy atom. The van der Waals surface area contributed by atoms with Gasteiger partial charge < -0.3 is 20.5 Å². The van der Waals surface area contributed by atoms with Crippen LogP contribution in [0.25, 0.3) is 11.1 Å². The highest BCUT2D eigenvalue weighted by molar-refractivity contribution is 7.09. The summed E-state index contributed by atoms with van der Waals surface area (Å²) in [5, 5.41) is 16.3. The van der Waals surface area contributed by atoms with E-state index in [1.807, 2.05) is 24.3 Å². The molecule has 0 aliphatic heterocycles. The number of nitrogens with zero attached hydrogens (tertiary/aromatic N) is 1. The Morgan fingerprint density at radius 3 is 2.38 bits per heavy atom. The molecule has 176 valence electrons. The second-order valence-corrected chi connectivity index (χ2v) is 9.06. The van der Waals surface area contributed by atoms with Crippen LogP contribution in [0, 0.1) is 0 Å². The molecule has 8 nitrogen and oxygen atoms in total.